The molecule has 31 heavy (non-hydrogen) atoms. The van der Waals surface area contributed by atoms with E-state index in [4.69, 9.17) is 0 Å². The number of hydrogen-bond donors (Lipinski definition) is 0. The second-order valence-electron chi connectivity index (χ2n) is 8.84. The number of unbranched alkanes of at least 4 members (excludes halogenated alkanes) is 10. The minimum Gasteiger partial charge on any atom is -0.143 e. The monoisotopic (exact) mass is 472 g/mol. The van der Waals surface area contributed by atoms with Crippen molar-refractivity contribution in [2.24, 2.45) is 0 Å². The summed E-state index contributed by atoms with van der Waals surface area (Å²) in [6, 6.07) is 7.23. The first-order chi connectivity index (χ1) is 15.3. The summed E-state index contributed by atoms with van der Waals surface area (Å²) in [6.07, 6.45) is 19.0. The Morgan fingerprint density at radius 1 is 0.581 bits per heavy atom. The molecule has 0 N–H and O–H groups in total. The summed E-state index contributed by atoms with van der Waals surface area (Å²) in [7, 11) is 0. The Morgan fingerprint density at radius 3 is 1.71 bits per heavy atom. The maximum atomic E-state index is 2.46. The van der Waals surface area contributed by atoms with Crippen LogP contribution in [-0.4, -0.2) is 0 Å². The molecule has 0 fully saturated rings. The van der Waals surface area contributed by atoms with Crippen molar-refractivity contribution in [2.45, 2.75) is 104 Å². The van der Waals surface area contributed by atoms with Gasteiger partial charge >= 0.3 is 0 Å². The van der Waals surface area contributed by atoms with Crippen molar-refractivity contribution in [1.29, 1.82) is 0 Å². The SMILES string of the molecule is CCCCCCCCc1csc(-c2ccsc2-c2cc(CCCCCCCC)cs2)c1. The molecule has 3 heterocycles. The molecule has 0 unspecified atom stereocenters. The Labute approximate surface area is 202 Å². The molecule has 0 saturated heterocycles. The second kappa shape index (κ2) is 14.3. The van der Waals surface area contributed by atoms with Crippen molar-refractivity contribution in [3.63, 3.8) is 0 Å². The average molecular weight is 473 g/mol. The molecule has 0 aromatic carbocycles. The predicted molar refractivity (Wildman–Crippen MR) is 145 cm³/mol. The van der Waals surface area contributed by atoms with Crippen molar-refractivity contribution in [1.82, 2.24) is 0 Å². The molecule has 0 aliphatic carbocycles. The van der Waals surface area contributed by atoms with E-state index in [9.17, 15) is 0 Å². The van der Waals surface area contributed by atoms with Crippen LogP contribution in [-0.2, 0) is 12.8 Å². The van der Waals surface area contributed by atoms with Gasteiger partial charge in [0.25, 0.3) is 0 Å². The number of hydrogen-bond acceptors (Lipinski definition) is 3. The van der Waals surface area contributed by atoms with E-state index in [2.05, 4.69) is 48.2 Å². The fourth-order valence-corrected chi connectivity index (χ4v) is 7.24. The Bertz CT molecular complexity index is 782. The maximum Gasteiger partial charge on any atom is 0.0529 e. The lowest BCUT2D eigenvalue weighted by atomic mass is 10.1. The van der Waals surface area contributed by atoms with Crippen LogP contribution < -0.4 is 0 Å². The Hall–Kier alpha value is -0.900. The standard InChI is InChI=1S/C28H40S3/c1-3-5-7-9-11-13-15-23-19-26(30-21-23)25-17-18-29-28(25)27-20-24(22-31-27)16-14-12-10-8-6-4-2/h17-22H,3-16H2,1-2H3. The molecule has 3 rings (SSSR count). The van der Waals surface area contributed by atoms with E-state index in [0.717, 1.165) is 0 Å². The topological polar surface area (TPSA) is 0 Å². The van der Waals surface area contributed by atoms with Crippen LogP contribution in [0.15, 0.2) is 34.3 Å². The van der Waals surface area contributed by atoms with Gasteiger partial charge in [0, 0.05) is 15.3 Å². The highest BCUT2D eigenvalue weighted by Gasteiger charge is 2.13. The first-order valence-electron chi connectivity index (χ1n) is 12.5. The van der Waals surface area contributed by atoms with Crippen LogP contribution in [0, 0.1) is 0 Å². The van der Waals surface area contributed by atoms with Crippen LogP contribution in [0.25, 0.3) is 20.2 Å². The Kier molecular flexibility index (Phi) is 11.4. The fraction of sp³-hybridized carbons (Fsp3) is 0.571. The van der Waals surface area contributed by atoms with Gasteiger partial charge in [-0.2, -0.15) is 0 Å². The van der Waals surface area contributed by atoms with E-state index in [1.807, 2.05) is 34.0 Å². The zero-order valence-electron chi connectivity index (χ0n) is 19.6. The second-order valence-corrected chi connectivity index (χ2v) is 11.6. The smallest absolute Gasteiger partial charge is 0.0529 e. The van der Waals surface area contributed by atoms with E-state index >= 15 is 0 Å². The molecule has 0 atom stereocenters. The summed E-state index contributed by atoms with van der Waals surface area (Å²) in [5, 5.41) is 7.05. The summed E-state index contributed by atoms with van der Waals surface area (Å²) in [4.78, 5) is 4.37. The summed E-state index contributed by atoms with van der Waals surface area (Å²) < 4.78 is 0. The third-order valence-corrected chi connectivity index (χ3v) is 9.19. The lowest BCUT2D eigenvalue weighted by Crippen LogP contribution is -1.84. The highest BCUT2D eigenvalue weighted by atomic mass is 32.1. The third-order valence-electron chi connectivity index (χ3n) is 6.10. The molecule has 0 spiro atoms. The van der Waals surface area contributed by atoms with Crippen LogP contribution in [0.4, 0.5) is 0 Å². The van der Waals surface area contributed by atoms with Gasteiger partial charge in [-0.15, -0.1) is 34.0 Å². The van der Waals surface area contributed by atoms with E-state index in [1.165, 1.54) is 121 Å². The predicted octanol–water partition coefficient (Wildman–Crippen LogP) is 11.0. The van der Waals surface area contributed by atoms with Crippen molar-refractivity contribution < 1.29 is 0 Å². The molecule has 3 heteroatoms. The molecule has 0 amide bonds. The minimum atomic E-state index is 1.24. The molecule has 3 aromatic heterocycles. The molecule has 0 aliphatic rings. The van der Waals surface area contributed by atoms with E-state index in [-0.39, 0.29) is 0 Å². The maximum absolute atomic E-state index is 2.46. The molecule has 0 aliphatic heterocycles. The largest absolute Gasteiger partial charge is 0.143 e. The van der Waals surface area contributed by atoms with Crippen molar-refractivity contribution >= 4 is 34.0 Å². The number of thiophene rings is 3. The zero-order chi connectivity index (χ0) is 21.7. The van der Waals surface area contributed by atoms with Crippen LogP contribution in [0.3, 0.4) is 0 Å². The van der Waals surface area contributed by atoms with Gasteiger partial charge in [-0.25, -0.2) is 0 Å². The van der Waals surface area contributed by atoms with Crippen molar-refractivity contribution in [2.75, 3.05) is 0 Å². The summed E-state index contributed by atoms with van der Waals surface area (Å²) in [5.41, 5.74) is 4.50. The lowest BCUT2D eigenvalue weighted by Gasteiger charge is -2.01. The molecular weight excluding hydrogens is 433 g/mol. The molecular formula is C28H40S3. The molecule has 0 nitrogen and oxygen atoms in total. The van der Waals surface area contributed by atoms with Crippen molar-refractivity contribution in [3.05, 3.63) is 45.5 Å². The highest BCUT2D eigenvalue weighted by molar-refractivity contribution is 7.21. The van der Waals surface area contributed by atoms with Gasteiger partial charge in [0.1, 0.15) is 0 Å². The summed E-state index contributed by atoms with van der Waals surface area (Å²) in [6.45, 7) is 4.58. The van der Waals surface area contributed by atoms with Crippen molar-refractivity contribution in [3.8, 4) is 20.2 Å². The van der Waals surface area contributed by atoms with Gasteiger partial charge < -0.3 is 0 Å². The Morgan fingerprint density at radius 2 is 1.10 bits per heavy atom. The van der Waals surface area contributed by atoms with Crippen LogP contribution >= 0.6 is 34.0 Å². The van der Waals surface area contributed by atoms with Gasteiger partial charge in [-0.05, 0) is 71.1 Å². The first kappa shape index (κ1) is 24.7. The molecule has 0 saturated carbocycles. The van der Waals surface area contributed by atoms with Crippen LogP contribution in [0.2, 0.25) is 0 Å². The van der Waals surface area contributed by atoms with Gasteiger partial charge in [0.2, 0.25) is 0 Å². The van der Waals surface area contributed by atoms with Gasteiger partial charge in [-0.3, -0.25) is 0 Å². The summed E-state index contributed by atoms with van der Waals surface area (Å²) >= 11 is 5.77. The van der Waals surface area contributed by atoms with Gasteiger partial charge in [0.05, 0.1) is 4.88 Å². The quantitative estimate of drug-likeness (QED) is 0.182. The number of rotatable bonds is 16. The Balaban J connectivity index is 1.51. The molecule has 0 bridgehead atoms. The van der Waals surface area contributed by atoms with Gasteiger partial charge in [0.15, 0.2) is 0 Å². The lowest BCUT2D eigenvalue weighted by molar-refractivity contribution is 0.608. The molecule has 3 aromatic rings. The minimum absolute atomic E-state index is 1.24. The van der Waals surface area contributed by atoms with E-state index in [0.29, 0.717) is 0 Å². The molecule has 0 radical (unpaired) electrons. The highest BCUT2D eigenvalue weighted by Crippen LogP contribution is 2.42. The number of aryl methyl sites for hydroxylation is 2. The first-order valence-corrected chi connectivity index (χ1v) is 15.2. The average Bonchev–Trinajstić information content (AvgIpc) is 3.53. The third kappa shape index (κ3) is 8.18. The molecule has 170 valence electrons. The van der Waals surface area contributed by atoms with E-state index < -0.39 is 0 Å². The summed E-state index contributed by atoms with van der Waals surface area (Å²) in [5.74, 6) is 0. The van der Waals surface area contributed by atoms with E-state index in [1.54, 1.807) is 0 Å². The fourth-order valence-electron chi connectivity index (χ4n) is 4.19. The zero-order valence-corrected chi connectivity index (χ0v) is 22.0. The normalized spacial score (nSPS) is 11.4. The van der Waals surface area contributed by atoms with Crippen LogP contribution in [0.1, 0.15) is 102 Å². The van der Waals surface area contributed by atoms with Gasteiger partial charge in [-0.1, -0.05) is 78.1 Å². The van der Waals surface area contributed by atoms with Crippen LogP contribution in [0.5, 0.6) is 0 Å².